The Bertz CT molecular complexity index is 962. The quantitative estimate of drug-likeness (QED) is 0.570. The van der Waals surface area contributed by atoms with E-state index in [1.165, 1.54) is 12.1 Å². The molecule has 4 nitrogen and oxygen atoms in total. The van der Waals surface area contributed by atoms with Crippen molar-refractivity contribution >= 4 is 0 Å². The molecule has 4 aromatic rings. The molecular formula is C19H13FN4. The van der Waals surface area contributed by atoms with Gasteiger partial charge in [-0.1, -0.05) is 0 Å². The molecule has 0 N–H and O–H groups in total. The summed E-state index contributed by atoms with van der Waals surface area (Å²) in [7, 11) is 0. The maximum Gasteiger partial charge on any atom is 0.123 e. The molecule has 116 valence electrons. The maximum absolute atomic E-state index is 13.2. The molecule has 0 bridgehead atoms. The van der Waals surface area contributed by atoms with E-state index in [1.807, 2.05) is 28.8 Å². The van der Waals surface area contributed by atoms with Crippen LogP contribution in [0.1, 0.15) is 0 Å². The van der Waals surface area contributed by atoms with Crippen molar-refractivity contribution in [1.82, 2.24) is 19.5 Å². The summed E-state index contributed by atoms with van der Waals surface area (Å²) in [5.74, 6) is -0.267. The minimum Gasteiger partial charge on any atom is -0.297 e. The van der Waals surface area contributed by atoms with E-state index in [0.717, 1.165) is 28.2 Å². The second kappa shape index (κ2) is 6.04. The van der Waals surface area contributed by atoms with Crippen LogP contribution in [0.4, 0.5) is 4.39 Å². The van der Waals surface area contributed by atoms with Crippen molar-refractivity contribution in [2.45, 2.75) is 0 Å². The molecule has 0 aliphatic carbocycles. The highest BCUT2D eigenvalue weighted by molar-refractivity contribution is 5.71. The number of pyridine rings is 2. The largest absolute Gasteiger partial charge is 0.297 e. The molecule has 0 spiro atoms. The molecule has 3 aromatic heterocycles. The van der Waals surface area contributed by atoms with Crippen molar-refractivity contribution < 1.29 is 4.39 Å². The third-order valence-electron chi connectivity index (χ3n) is 3.78. The minimum absolute atomic E-state index is 0.267. The van der Waals surface area contributed by atoms with E-state index in [2.05, 4.69) is 15.0 Å². The van der Waals surface area contributed by atoms with E-state index in [4.69, 9.17) is 0 Å². The maximum atomic E-state index is 13.2. The Balaban J connectivity index is 1.88. The van der Waals surface area contributed by atoms with Crippen LogP contribution in [0.25, 0.3) is 28.2 Å². The zero-order chi connectivity index (χ0) is 16.4. The molecular weight excluding hydrogens is 303 g/mol. The lowest BCUT2D eigenvalue weighted by Gasteiger charge is -2.12. The summed E-state index contributed by atoms with van der Waals surface area (Å²) in [5, 5.41) is 0. The monoisotopic (exact) mass is 316 g/mol. The number of benzene rings is 1. The van der Waals surface area contributed by atoms with Gasteiger partial charge >= 0.3 is 0 Å². The Morgan fingerprint density at radius 3 is 2.38 bits per heavy atom. The lowest BCUT2D eigenvalue weighted by atomic mass is 10.1. The average Bonchev–Trinajstić information content (AvgIpc) is 3.13. The highest BCUT2D eigenvalue weighted by Gasteiger charge is 2.12. The van der Waals surface area contributed by atoms with Gasteiger partial charge in [0.2, 0.25) is 0 Å². The molecule has 0 atom stereocenters. The lowest BCUT2D eigenvalue weighted by molar-refractivity contribution is 0.628. The first-order chi connectivity index (χ1) is 11.8. The van der Waals surface area contributed by atoms with Crippen molar-refractivity contribution in [3.63, 3.8) is 0 Å². The average molecular weight is 316 g/mol. The van der Waals surface area contributed by atoms with E-state index >= 15 is 0 Å². The van der Waals surface area contributed by atoms with Gasteiger partial charge in [0.15, 0.2) is 0 Å². The minimum atomic E-state index is -0.267. The second-order valence-electron chi connectivity index (χ2n) is 5.26. The Kier molecular flexibility index (Phi) is 3.59. The molecule has 4 rings (SSSR count). The van der Waals surface area contributed by atoms with E-state index in [-0.39, 0.29) is 5.82 Å². The molecule has 24 heavy (non-hydrogen) atoms. The first kappa shape index (κ1) is 14.3. The fraction of sp³-hybridized carbons (Fsp3) is 0. The third kappa shape index (κ3) is 2.56. The number of nitrogens with zero attached hydrogens (tertiary/aromatic N) is 4. The molecule has 0 aliphatic rings. The molecule has 0 saturated heterocycles. The van der Waals surface area contributed by atoms with Crippen LogP contribution in [0.15, 0.2) is 79.6 Å². The molecule has 0 saturated carbocycles. The van der Waals surface area contributed by atoms with Crippen LogP contribution in [0, 0.1) is 5.82 Å². The summed E-state index contributed by atoms with van der Waals surface area (Å²) < 4.78 is 15.2. The number of aromatic nitrogens is 4. The van der Waals surface area contributed by atoms with Crippen molar-refractivity contribution in [2.24, 2.45) is 0 Å². The van der Waals surface area contributed by atoms with Gasteiger partial charge in [-0.05, 0) is 48.5 Å². The van der Waals surface area contributed by atoms with Gasteiger partial charge < -0.3 is 0 Å². The topological polar surface area (TPSA) is 43.6 Å². The van der Waals surface area contributed by atoms with Gasteiger partial charge in [-0.3, -0.25) is 14.5 Å². The molecule has 0 radical (unpaired) electrons. The van der Waals surface area contributed by atoms with E-state index in [1.54, 1.807) is 43.2 Å². The molecule has 0 unspecified atom stereocenters. The van der Waals surface area contributed by atoms with Crippen LogP contribution in [0.5, 0.6) is 0 Å². The van der Waals surface area contributed by atoms with Gasteiger partial charge in [0.05, 0.1) is 29.6 Å². The Hall–Kier alpha value is -3.34. The second-order valence-corrected chi connectivity index (χ2v) is 5.26. The summed E-state index contributed by atoms with van der Waals surface area (Å²) >= 11 is 0. The molecule has 3 heterocycles. The van der Waals surface area contributed by atoms with Gasteiger partial charge in [-0.2, -0.15) is 0 Å². The van der Waals surface area contributed by atoms with Crippen molar-refractivity contribution in [2.75, 3.05) is 0 Å². The number of imidazole rings is 1. The van der Waals surface area contributed by atoms with Crippen LogP contribution < -0.4 is 0 Å². The van der Waals surface area contributed by atoms with Crippen LogP contribution in [0.3, 0.4) is 0 Å². The summed E-state index contributed by atoms with van der Waals surface area (Å²) in [6, 6.07) is 14.0. The lowest BCUT2D eigenvalue weighted by Crippen LogP contribution is -1.99. The normalized spacial score (nSPS) is 10.7. The Labute approximate surface area is 138 Å². The Morgan fingerprint density at radius 1 is 0.792 bits per heavy atom. The van der Waals surface area contributed by atoms with Gasteiger partial charge in [0, 0.05) is 29.7 Å². The van der Waals surface area contributed by atoms with Crippen molar-refractivity contribution in [3.05, 3.63) is 85.5 Å². The van der Waals surface area contributed by atoms with Gasteiger partial charge in [-0.15, -0.1) is 0 Å². The van der Waals surface area contributed by atoms with Crippen LogP contribution in [-0.4, -0.2) is 19.5 Å². The van der Waals surface area contributed by atoms with Gasteiger partial charge in [-0.25, -0.2) is 9.37 Å². The predicted molar refractivity (Wildman–Crippen MR) is 90.0 cm³/mol. The highest BCUT2D eigenvalue weighted by Crippen LogP contribution is 2.28. The number of rotatable bonds is 3. The van der Waals surface area contributed by atoms with Crippen LogP contribution >= 0.6 is 0 Å². The first-order valence-corrected chi connectivity index (χ1v) is 7.47. The fourth-order valence-electron chi connectivity index (χ4n) is 2.64. The Morgan fingerprint density at radius 2 is 1.58 bits per heavy atom. The van der Waals surface area contributed by atoms with Crippen LogP contribution in [0.2, 0.25) is 0 Å². The van der Waals surface area contributed by atoms with Crippen LogP contribution in [-0.2, 0) is 0 Å². The van der Waals surface area contributed by atoms with E-state index < -0.39 is 0 Å². The van der Waals surface area contributed by atoms with Crippen molar-refractivity contribution in [1.29, 1.82) is 0 Å². The summed E-state index contributed by atoms with van der Waals surface area (Å²) in [4.78, 5) is 12.8. The zero-order valence-corrected chi connectivity index (χ0v) is 12.7. The smallest absolute Gasteiger partial charge is 0.123 e. The van der Waals surface area contributed by atoms with E-state index in [9.17, 15) is 4.39 Å². The molecule has 0 amide bonds. The predicted octanol–water partition coefficient (Wildman–Crippen LogP) is 4.14. The summed E-state index contributed by atoms with van der Waals surface area (Å²) in [5.41, 5.74) is 4.45. The third-order valence-corrected chi connectivity index (χ3v) is 3.78. The number of halogens is 1. The summed E-state index contributed by atoms with van der Waals surface area (Å²) in [6.07, 6.45) is 8.77. The number of hydrogen-bond acceptors (Lipinski definition) is 3. The zero-order valence-electron chi connectivity index (χ0n) is 12.7. The van der Waals surface area contributed by atoms with Crippen molar-refractivity contribution in [3.8, 4) is 28.2 Å². The molecule has 0 fully saturated rings. The fourth-order valence-corrected chi connectivity index (χ4v) is 2.64. The van der Waals surface area contributed by atoms with E-state index in [0.29, 0.717) is 0 Å². The standard InChI is InChI=1S/C19H13FN4/c20-16-5-3-15(4-6-16)19-17(2-1-9-23-19)24-13-22-12-18(24)14-7-10-21-11-8-14/h1-13H. The molecule has 1 aromatic carbocycles. The van der Waals surface area contributed by atoms with Gasteiger partial charge in [0.25, 0.3) is 0 Å². The molecule has 5 heteroatoms. The highest BCUT2D eigenvalue weighted by atomic mass is 19.1. The first-order valence-electron chi connectivity index (χ1n) is 7.47. The number of hydrogen-bond donors (Lipinski definition) is 0. The van der Waals surface area contributed by atoms with Gasteiger partial charge in [0.1, 0.15) is 5.82 Å². The SMILES string of the molecule is Fc1ccc(-c2ncccc2-n2cncc2-c2ccncc2)cc1. The molecule has 0 aliphatic heterocycles. The summed E-state index contributed by atoms with van der Waals surface area (Å²) in [6.45, 7) is 0.